The highest BCUT2D eigenvalue weighted by Gasteiger charge is 2.65. The number of esters is 4. The van der Waals surface area contributed by atoms with E-state index >= 15 is 0 Å². The van der Waals surface area contributed by atoms with Gasteiger partial charge in [0.25, 0.3) is 0 Å². The van der Waals surface area contributed by atoms with E-state index in [0.717, 1.165) is 6.29 Å². The van der Waals surface area contributed by atoms with E-state index in [0.29, 0.717) is 6.42 Å². The van der Waals surface area contributed by atoms with E-state index in [2.05, 4.69) is 0 Å². The Morgan fingerprint density at radius 3 is 1.78 bits per heavy atom. The van der Waals surface area contributed by atoms with Gasteiger partial charge in [0.05, 0.1) is 28.4 Å². The van der Waals surface area contributed by atoms with E-state index in [1.54, 1.807) is 0 Å². The van der Waals surface area contributed by atoms with Crippen molar-refractivity contribution in [2.75, 3.05) is 28.4 Å². The van der Waals surface area contributed by atoms with Gasteiger partial charge >= 0.3 is 23.9 Å². The average Bonchev–Trinajstić information content (AvgIpc) is 3.15. The molecule has 2 unspecified atom stereocenters. The molecule has 3 rings (SSSR count). The van der Waals surface area contributed by atoms with E-state index < -0.39 is 40.1 Å². The molecule has 2 fully saturated rings. The van der Waals surface area contributed by atoms with Crippen molar-refractivity contribution in [2.45, 2.75) is 38.5 Å². The van der Waals surface area contributed by atoms with E-state index in [1.165, 1.54) is 28.4 Å². The summed E-state index contributed by atoms with van der Waals surface area (Å²) in [6.07, 6.45) is 5.86. The second-order valence-corrected chi connectivity index (χ2v) is 9.07. The van der Waals surface area contributed by atoms with Gasteiger partial charge in [-0.05, 0) is 56.3 Å². The van der Waals surface area contributed by atoms with Crippen molar-refractivity contribution in [1.29, 1.82) is 0 Å². The van der Waals surface area contributed by atoms with E-state index in [-0.39, 0.29) is 49.9 Å². The van der Waals surface area contributed by atoms with Gasteiger partial charge in [-0.3, -0.25) is 19.2 Å². The first kappa shape index (κ1) is 23.9. The molecule has 9 heteroatoms. The maximum absolute atomic E-state index is 12.7. The van der Waals surface area contributed by atoms with Gasteiger partial charge in [-0.25, -0.2) is 0 Å². The van der Waals surface area contributed by atoms with Crippen LogP contribution in [-0.2, 0) is 42.9 Å². The maximum atomic E-state index is 12.7. The van der Waals surface area contributed by atoms with Crippen LogP contribution in [0, 0.1) is 34.0 Å². The highest BCUT2D eigenvalue weighted by atomic mass is 16.6. The van der Waals surface area contributed by atoms with Gasteiger partial charge in [0.1, 0.15) is 6.29 Å². The molecule has 32 heavy (non-hydrogen) atoms. The normalized spacial score (nSPS) is 31.8. The van der Waals surface area contributed by atoms with Crippen molar-refractivity contribution in [2.24, 2.45) is 34.0 Å². The number of rotatable bonds is 5. The standard InChI is InChI=1S/C23H30O9/c1-29-17(25)21(18(26)30-2)8-7-15-6-5-14-11-23(19(27)31-3,20(28)32-4)12-16(14)22(15,13-24)10-9-21/h5-6,13-16H,7-12H2,1-4H3/t14-,15+,16?,22?/m1/s1. The molecule has 0 aromatic carbocycles. The Hall–Kier alpha value is -2.71. The summed E-state index contributed by atoms with van der Waals surface area (Å²) in [5.74, 6) is -3.57. The summed E-state index contributed by atoms with van der Waals surface area (Å²) >= 11 is 0. The van der Waals surface area contributed by atoms with Crippen LogP contribution < -0.4 is 0 Å². The van der Waals surface area contributed by atoms with Gasteiger partial charge in [-0.1, -0.05) is 12.2 Å². The van der Waals surface area contributed by atoms with Crippen molar-refractivity contribution in [3.8, 4) is 0 Å². The topological polar surface area (TPSA) is 122 Å². The Morgan fingerprint density at radius 2 is 1.28 bits per heavy atom. The fourth-order valence-electron chi connectivity index (χ4n) is 6.29. The molecule has 0 aromatic heterocycles. The molecule has 0 aromatic rings. The number of aldehydes is 1. The van der Waals surface area contributed by atoms with Crippen LogP contribution in [0.1, 0.15) is 38.5 Å². The quantitative estimate of drug-likeness (QED) is 0.202. The molecule has 0 N–H and O–H groups in total. The zero-order valence-corrected chi connectivity index (χ0v) is 18.9. The summed E-state index contributed by atoms with van der Waals surface area (Å²) in [7, 11) is 4.87. The van der Waals surface area contributed by atoms with Crippen LogP contribution >= 0.6 is 0 Å². The number of carbonyl (C=O) groups excluding carboxylic acids is 5. The highest BCUT2D eigenvalue weighted by Crippen LogP contribution is 2.62. The molecular weight excluding hydrogens is 420 g/mol. The fraction of sp³-hybridized carbons (Fsp3) is 0.696. The molecule has 0 amide bonds. The van der Waals surface area contributed by atoms with Crippen molar-refractivity contribution in [3.63, 3.8) is 0 Å². The lowest BCUT2D eigenvalue weighted by molar-refractivity contribution is -0.171. The van der Waals surface area contributed by atoms with Crippen LogP contribution in [0.25, 0.3) is 0 Å². The van der Waals surface area contributed by atoms with Crippen molar-refractivity contribution < 1.29 is 42.9 Å². The second kappa shape index (κ2) is 8.67. The minimum atomic E-state index is -1.50. The summed E-state index contributed by atoms with van der Waals surface area (Å²) in [6.45, 7) is 0. The van der Waals surface area contributed by atoms with Crippen LogP contribution in [0.4, 0.5) is 0 Å². The molecule has 0 heterocycles. The van der Waals surface area contributed by atoms with Crippen LogP contribution in [0.2, 0.25) is 0 Å². The molecule has 0 aliphatic heterocycles. The lowest BCUT2D eigenvalue weighted by atomic mass is 9.58. The number of carbonyl (C=O) groups is 5. The summed E-state index contributed by atoms with van der Waals surface area (Å²) < 4.78 is 19.8. The number of hydrogen-bond acceptors (Lipinski definition) is 9. The Labute approximate surface area is 186 Å². The van der Waals surface area contributed by atoms with Gasteiger partial charge in [0.15, 0.2) is 10.8 Å². The van der Waals surface area contributed by atoms with Crippen LogP contribution in [0.3, 0.4) is 0 Å². The monoisotopic (exact) mass is 450 g/mol. The Balaban J connectivity index is 2.04. The molecule has 176 valence electrons. The summed E-state index contributed by atoms with van der Waals surface area (Å²) in [5.41, 5.74) is -3.95. The minimum absolute atomic E-state index is 0.0715. The zero-order valence-electron chi connectivity index (χ0n) is 18.9. The van der Waals surface area contributed by atoms with Crippen molar-refractivity contribution >= 4 is 30.2 Å². The number of hydrogen-bond donors (Lipinski definition) is 0. The SMILES string of the molecule is COC(=O)C1(C(=O)OC)CC[C@@H]2C=C[C@@H]3CC(C(=O)OC)(C(=O)OC)CC3C2(C=O)CC1. The zero-order chi connectivity index (χ0) is 23.7. The predicted molar refractivity (Wildman–Crippen MR) is 109 cm³/mol. The van der Waals surface area contributed by atoms with Crippen LogP contribution in [0.5, 0.6) is 0 Å². The molecule has 0 spiro atoms. The predicted octanol–water partition coefficient (Wildman–Crippen LogP) is 1.62. The van der Waals surface area contributed by atoms with Gasteiger partial charge in [0.2, 0.25) is 0 Å². The summed E-state index contributed by atoms with van der Waals surface area (Å²) in [4.78, 5) is 63.4. The Morgan fingerprint density at radius 1 is 0.750 bits per heavy atom. The Bertz CT molecular complexity index is 812. The van der Waals surface area contributed by atoms with Crippen molar-refractivity contribution in [1.82, 2.24) is 0 Å². The average molecular weight is 450 g/mol. The lowest BCUT2D eigenvalue weighted by Gasteiger charge is -2.44. The fourth-order valence-corrected chi connectivity index (χ4v) is 6.29. The van der Waals surface area contributed by atoms with Crippen molar-refractivity contribution in [3.05, 3.63) is 12.2 Å². The third kappa shape index (κ3) is 3.24. The van der Waals surface area contributed by atoms with E-state index in [4.69, 9.17) is 18.9 Å². The first-order valence-electron chi connectivity index (χ1n) is 10.7. The first-order chi connectivity index (χ1) is 15.2. The number of methoxy groups -OCH3 is 4. The molecule has 2 saturated carbocycles. The Kier molecular flexibility index (Phi) is 6.49. The van der Waals surface area contributed by atoms with Crippen LogP contribution in [0.15, 0.2) is 12.2 Å². The van der Waals surface area contributed by atoms with E-state index in [9.17, 15) is 24.0 Å². The van der Waals surface area contributed by atoms with E-state index in [1.807, 2.05) is 12.2 Å². The largest absolute Gasteiger partial charge is 0.468 e. The number of allylic oxidation sites excluding steroid dienone is 2. The molecule has 0 bridgehead atoms. The molecule has 0 saturated heterocycles. The van der Waals surface area contributed by atoms with Gasteiger partial charge in [-0.2, -0.15) is 0 Å². The molecular formula is C23H30O9. The maximum Gasteiger partial charge on any atom is 0.323 e. The molecule has 9 nitrogen and oxygen atoms in total. The van der Waals surface area contributed by atoms with Gasteiger partial charge < -0.3 is 23.7 Å². The first-order valence-corrected chi connectivity index (χ1v) is 10.7. The number of ether oxygens (including phenoxy) is 4. The molecule has 3 aliphatic rings. The third-order valence-corrected chi connectivity index (χ3v) is 8.03. The third-order valence-electron chi connectivity index (χ3n) is 8.03. The van der Waals surface area contributed by atoms with Crippen LogP contribution in [-0.4, -0.2) is 58.6 Å². The lowest BCUT2D eigenvalue weighted by Crippen LogP contribution is -2.44. The molecule has 4 atom stereocenters. The minimum Gasteiger partial charge on any atom is -0.468 e. The van der Waals surface area contributed by atoms with Gasteiger partial charge in [-0.15, -0.1) is 0 Å². The summed E-state index contributed by atoms with van der Waals surface area (Å²) in [5, 5.41) is 0. The number of fused-ring (bicyclic) bond motifs is 3. The highest BCUT2D eigenvalue weighted by molar-refractivity contribution is 6.01. The molecule has 0 radical (unpaired) electrons. The molecule has 3 aliphatic carbocycles. The summed E-state index contributed by atoms with van der Waals surface area (Å²) in [6, 6.07) is 0. The van der Waals surface area contributed by atoms with Gasteiger partial charge in [0, 0.05) is 5.41 Å². The second-order valence-electron chi connectivity index (χ2n) is 9.07. The smallest absolute Gasteiger partial charge is 0.323 e.